The molecule has 0 radical (unpaired) electrons. The molecule has 0 bridgehead atoms. The van der Waals surface area contributed by atoms with Gasteiger partial charge >= 0.3 is 0 Å². The average Bonchev–Trinajstić information content (AvgIpc) is 2.34. The maximum absolute atomic E-state index is 3.80. The fraction of sp³-hybridized carbons (Fsp3) is 0.250. The summed E-state index contributed by atoms with van der Waals surface area (Å²) >= 11 is 0. The summed E-state index contributed by atoms with van der Waals surface area (Å²) in [5, 5.41) is 3.27. The lowest BCUT2D eigenvalue weighted by Crippen LogP contribution is -2.06. The molecule has 0 amide bonds. The van der Waals surface area contributed by atoms with Crippen molar-refractivity contribution in [3.63, 3.8) is 0 Å². The summed E-state index contributed by atoms with van der Waals surface area (Å²) in [7, 11) is 0. The Balaban J connectivity index is 2.38. The van der Waals surface area contributed by atoms with E-state index in [0.717, 1.165) is 6.54 Å². The fourth-order valence-electron chi connectivity index (χ4n) is 1.47. The summed E-state index contributed by atoms with van der Waals surface area (Å²) in [6, 6.07) is 10.3. The van der Waals surface area contributed by atoms with Crippen LogP contribution in [0.25, 0.3) is 6.08 Å². The van der Waals surface area contributed by atoms with Gasteiger partial charge in [0.2, 0.25) is 0 Å². The van der Waals surface area contributed by atoms with Crippen LogP contribution in [0.2, 0.25) is 0 Å². The third-order valence-corrected chi connectivity index (χ3v) is 2.52. The van der Waals surface area contributed by atoms with Crippen LogP contribution in [0.15, 0.2) is 60.8 Å². The Morgan fingerprint density at radius 2 is 2.00 bits per heavy atom. The second-order valence-electron chi connectivity index (χ2n) is 4.22. The number of hydrogen-bond donors (Lipinski definition) is 1. The first-order valence-electron chi connectivity index (χ1n) is 6.01. The molecule has 1 aromatic rings. The average molecular weight is 227 g/mol. The highest BCUT2D eigenvalue weighted by molar-refractivity contribution is 5.48. The summed E-state index contributed by atoms with van der Waals surface area (Å²) in [6.45, 7) is 8.96. The Kier molecular flexibility index (Phi) is 5.87. The molecule has 1 N–H and O–H groups in total. The van der Waals surface area contributed by atoms with Crippen molar-refractivity contribution in [2.75, 3.05) is 6.54 Å². The minimum Gasteiger partial charge on any atom is -0.387 e. The van der Waals surface area contributed by atoms with Crippen LogP contribution in [-0.2, 0) is 0 Å². The van der Waals surface area contributed by atoms with E-state index in [1.165, 1.54) is 11.1 Å². The fourth-order valence-corrected chi connectivity index (χ4v) is 1.47. The van der Waals surface area contributed by atoms with Gasteiger partial charge in [0.25, 0.3) is 0 Å². The Morgan fingerprint density at radius 1 is 1.29 bits per heavy atom. The van der Waals surface area contributed by atoms with Gasteiger partial charge in [0.05, 0.1) is 0 Å². The number of allylic oxidation sites excluding steroid dienone is 2. The molecule has 0 aliphatic rings. The molecule has 0 saturated heterocycles. The molecule has 0 aliphatic carbocycles. The van der Waals surface area contributed by atoms with Crippen LogP contribution in [0.1, 0.15) is 19.4 Å². The van der Waals surface area contributed by atoms with Crippen LogP contribution in [-0.4, -0.2) is 6.54 Å². The van der Waals surface area contributed by atoms with Crippen LogP contribution in [0.3, 0.4) is 0 Å². The highest BCUT2D eigenvalue weighted by atomic mass is 14.8. The molecule has 17 heavy (non-hydrogen) atoms. The van der Waals surface area contributed by atoms with Gasteiger partial charge in [-0.15, -0.1) is 0 Å². The Bertz CT molecular complexity index is 385. The summed E-state index contributed by atoms with van der Waals surface area (Å²) < 4.78 is 0. The van der Waals surface area contributed by atoms with Crippen LogP contribution < -0.4 is 5.32 Å². The lowest BCUT2D eigenvalue weighted by molar-refractivity contribution is 0.776. The van der Waals surface area contributed by atoms with Gasteiger partial charge in [-0.1, -0.05) is 69.0 Å². The zero-order chi connectivity index (χ0) is 12.5. The van der Waals surface area contributed by atoms with Crippen molar-refractivity contribution in [1.82, 2.24) is 5.32 Å². The van der Waals surface area contributed by atoms with Crippen molar-refractivity contribution in [1.29, 1.82) is 0 Å². The van der Waals surface area contributed by atoms with Gasteiger partial charge in [0.1, 0.15) is 0 Å². The van der Waals surface area contributed by atoms with Crippen molar-refractivity contribution in [2.45, 2.75) is 13.8 Å². The first-order valence-corrected chi connectivity index (χ1v) is 6.01. The van der Waals surface area contributed by atoms with Gasteiger partial charge in [-0.05, 0) is 17.1 Å². The van der Waals surface area contributed by atoms with E-state index in [0.29, 0.717) is 5.92 Å². The highest BCUT2D eigenvalue weighted by Gasteiger charge is 1.95. The molecule has 0 saturated carbocycles. The lowest BCUT2D eigenvalue weighted by Gasteiger charge is -2.06. The Hall–Kier alpha value is -1.76. The van der Waals surface area contributed by atoms with Gasteiger partial charge in [-0.2, -0.15) is 0 Å². The first kappa shape index (κ1) is 13.3. The van der Waals surface area contributed by atoms with Crippen LogP contribution in [0.5, 0.6) is 0 Å². The van der Waals surface area contributed by atoms with E-state index in [1.807, 2.05) is 30.5 Å². The third kappa shape index (κ3) is 5.21. The van der Waals surface area contributed by atoms with Gasteiger partial charge in [-0.25, -0.2) is 0 Å². The molecule has 1 heteroatoms. The lowest BCUT2D eigenvalue weighted by atomic mass is 10.1. The van der Waals surface area contributed by atoms with Crippen LogP contribution in [0.4, 0.5) is 0 Å². The SMILES string of the molecule is C=C/C(=C/NC/C=C/c1ccccc1)C(C)C. The Labute approximate surface area is 105 Å². The molecule has 0 aromatic heterocycles. The summed E-state index contributed by atoms with van der Waals surface area (Å²) in [5.41, 5.74) is 2.46. The summed E-state index contributed by atoms with van der Waals surface area (Å²) in [6.07, 6.45) is 8.17. The van der Waals surface area contributed by atoms with Crippen molar-refractivity contribution in [2.24, 2.45) is 5.92 Å². The van der Waals surface area contributed by atoms with E-state index in [2.05, 4.69) is 50.0 Å². The second-order valence-corrected chi connectivity index (χ2v) is 4.22. The predicted molar refractivity (Wildman–Crippen MR) is 76.6 cm³/mol. The van der Waals surface area contributed by atoms with Crippen molar-refractivity contribution in [3.8, 4) is 0 Å². The molecule has 1 rings (SSSR count). The number of rotatable bonds is 6. The van der Waals surface area contributed by atoms with E-state index in [4.69, 9.17) is 0 Å². The molecule has 0 atom stereocenters. The van der Waals surface area contributed by atoms with Gasteiger partial charge in [0, 0.05) is 12.7 Å². The zero-order valence-corrected chi connectivity index (χ0v) is 10.7. The molecule has 1 nitrogen and oxygen atoms in total. The summed E-state index contributed by atoms with van der Waals surface area (Å²) in [4.78, 5) is 0. The highest BCUT2D eigenvalue weighted by Crippen LogP contribution is 2.08. The largest absolute Gasteiger partial charge is 0.387 e. The molecule has 1 aromatic carbocycles. The minimum atomic E-state index is 0.512. The van der Waals surface area contributed by atoms with E-state index >= 15 is 0 Å². The standard InChI is InChI=1S/C16H21N/c1-4-16(14(2)3)13-17-12-8-11-15-9-6-5-7-10-15/h4-11,13-14,17H,1,12H2,2-3H3/b11-8+,16-13-. The topological polar surface area (TPSA) is 12.0 Å². The molecular weight excluding hydrogens is 206 g/mol. The summed E-state index contributed by atoms with van der Waals surface area (Å²) in [5.74, 6) is 0.512. The minimum absolute atomic E-state index is 0.512. The molecule has 0 aliphatic heterocycles. The van der Waals surface area contributed by atoms with Crippen molar-refractivity contribution >= 4 is 6.08 Å². The monoisotopic (exact) mass is 227 g/mol. The van der Waals surface area contributed by atoms with E-state index < -0.39 is 0 Å². The third-order valence-electron chi connectivity index (χ3n) is 2.52. The number of benzene rings is 1. The van der Waals surface area contributed by atoms with Crippen LogP contribution >= 0.6 is 0 Å². The maximum atomic E-state index is 3.80. The maximum Gasteiger partial charge on any atom is 0.0328 e. The van der Waals surface area contributed by atoms with Crippen molar-refractivity contribution < 1.29 is 0 Å². The van der Waals surface area contributed by atoms with Gasteiger partial charge in [0.15, 0.2) is 0 Å². The van der Waals surface area contributed by atoms with E-state index in [1.54, 1.807) is 0 Å². The van der Waals surface area contributed by atoms with Gasteiger partial charge in [-0.3, -0.25) is 0 Å². The quantitative estimate of drug-likeness (QED) is 0.572. The molecule has 0 unspecified atom stereocenters. The smallest absolute Gasteiger partial charge is 0.0328 e. The number of nitrogens with one attached hydrogen (secondary N) is 1. The molecule has 90 valence electrons. The molecule has 0 heterocycles. The zero-order valence-electron chi connectivity index (χ0n) is 10.7. The predicted octanol–water partition coefficient (Wildman–Crippen LogP) is 4.02. The second kappa shape index (κ2) is 7.50. The van der Waals surface area contributed by atoms with Gasteiger partial charge < -0.3 is 5.32 Å². The van der Waals surface area contributed by atoms with E-state index in [-0.39, 0.29) is 0 Å². The molecular formula is C16H21N. The molecule has 0 spiro atoms. The Morgan fingerprint density at radius 3 is 2.59 bits per heavy atom. The number of hydrogen-bond acceptors (Lipinski definition) is 1. The van der Waals surface area contributed by atoms with Crippen molar-refractivity contribution in [3.05, 3.63) is 66.4 Å². The normalized spacial score (nSPS) is 12.1. The molecule has 0 fully saturated rings. The van der Waals surface area contributed by atoms with Crippen LogP contribution in [0, 0.1) is 5.92 Å². The van der Waals surface area contributed by atoms with E-state index in [9.17, 15) is 0 Å². The first-order chi connectivity index (χ1) is 8.24.